The van der Waals surface area contributed by atoms with Gasteiger partial charge in [-0.05, 0) is 12.1 Å². The van der Waals surface area contributed by atoms with E-state index >= 15 is 0 Å². The van der Waals surface area contributed by atoms with Crippen LogP contribution in [0.4, 0.5) is 0 Å². The lowest BCUT2D eigenvalue weighted by Crippen LogP contribution is -2.52. The lowest BCUT2D eigenvalue weighted by molar-refractivity contribution is -0.149. The zero-order valence-electron chi connectivity index (χ0n) is 11.0. The number of methoxy groups -OCH3 is 1. The van der Waals surface area contributed by atoms with E-state index < -0.39 is 38.9 Å². The van der Waals surface area contributed by atoms with E-state index in [2.05, 4.69) is 4.74 Å². The highest BCUT2D eigenvalue weighted by molar-refractivity contribution is 7.89. The van der Waals surface area contributed by atoms with Crippen molar-refractivity contribution < 1.29 is 37.0 Å². The molecule has 0 bridgehead atoms. The van der Waals surface area contributed by atoms with Crippen molar-refractivity contribution >= 4 is 22.0 Å². The van der Waals surface area contributed by atoms with Gasteiger partial charge in [-0.3, -0.25) is 4.79 Å². The molecular formula is C11H13NO8S. The molecule has 1 saturated heterocycles. The molecule has 0 aliphatic carbocycles. The normalized spacial score (nSPS) is 20.1. The van der Waals surface area contributed by atoms with Crippen molar-refractivity contribution in [2.24, 2.45) is 0 Å². The molecule has 1 aromatic rings. The summed E-state index contributed by atoms with van der Waals surface area (Å²) in [5, 5.41) is 8.21. The molecule has 0 amide bonds. The second-order valence-corrected chi connectivity index (χ2v) is 5.97. The Morgan fingerprint density at radius 1 is 1.43 bits per heavy atom. The first-order chi connectivity index (χ1) is 9.87. The van der Waals surface area contributed by atoms with Crippen LogP contribution in [0.1, 0.15) is 10.6 Å². The molecule has 10 heteroatoms. The molecule has 2 heterocycles. The van der Waals surface area contributed by atoms with Crippen LogP contribution in [0.25, 0.3) is 0 Å². The molecule has 0 spiro atoms. The second kappa shape index (κ2) is 5.84. The Morgan fingerprint density at radius 2 is 2.14 bits per heavy atom. The van der Waals surface area contributed by atoms with Crippen LogP contribution >= 0.6 is 0 Å². The average Bonchev–Trinajstić information content (AvgIpc) is 2.97. The molecule has 1 atom stereocenters. The maximum absolute atomic E-state index is 12.4. The Labute approximate surface area is 120 Å². The summed E-state index contributed by atoms with van der Waals surface area (Å²) < 4.78 is 40.2. The van der Waals surface area contributed by atoms with Gasteiger partial charge in [0.25, 0.3) is 10.0 Å². The standard InChI is InChI=1S/C11H13NO8S/c1-18-11(15)7-6-19-5-4-12(7)21(16,17)9-3-2-8(20-9)10(13)14/h2-3,7H,4-6H2,1H3,(H,13,14). The van der Waals surface area contributed by atoms with Crippen molar-refractivity contribution in [3.8, 4) is 0 Å². The lowest BCUT2D eigenvalue weighted by Gasteiger charge is -2.31. The van der Waals surface area contributed by atoms with Gasteiger partial charge in [-0.1, -0.05) is 0 Å². The largest absolute Gasteiger partial charge is 0.475 e. The number of carbonyl (C=O) groups excluding carboxylic acids is 1. The molecule has 116 valence electrons. The molecule has 1 N–H and O–H groups in total. The van der Waals surface area contributed by atoms with Crippen LogP contribution in [0.2, 0.25) is 0 Å². The number of carboxylic acids is 1. The van der Waals surface area contributed by atoms with E-state index in [0.717, 1.165) is 23.5 Å². The van der Waals surface area contributed by atoms with Crippen LogP contribution in [0.5, 0.6) is 0 Å². The number of morpholine rings is 1. The number of furan rings is 1. The molecule has 1 aromatic heterocycles. The Bertz CT molecular complexity index is 649. The number of ether oxygens (including phenoxy) is 2. The number of esters is 1. The smallest absolute Gasteiger partial charge is 0.371 e. The predicted octanol–water partition coefficient (Wildman–Crippen LogP) is -0.460. The Hall–Kier alpha value is -1.91. The van der Waals surface area contributed by atoms with Gasteiger partial charge in [0.15, 0.2) is 0 Å². The van der Waals surface area contributed by atoms with Gasteiger partial charge in [-0.15, -0.1) is 0 Å². The third-order valence-corrected chi connectivity index (χ3v) is 4.69. The third-order valence-electron chi connectivity index (χ3n) is 2.91. The van der Waals surface area contributed by atoms with Crippen molar-refractivity contribution in [2.75, 3.05) is 26.9 Å². The molecular weight excluding hydrogens is 306 g/mol. The van der Waals surface area contributed by atoms with Gasteiger partial charge in [-0.25, -0.2) is 13.2 Å². The Kier molecular flexibility index (Phi) is 4.30. The molecule has 9 nitrogen and oxygen atoms in total. The minimum absolute atomic E-state index is 0.0643. The van der Waals surface area contributed by atoms with Crippen LogP contribution in [-0.4, -0.2) is 62.7 Å². The van der Waals surface area contributed by atoms with Gasteiger partial charge < -0.3 is 19.0 Å². The fourth-order valence-electron chi connectivity index (χ4n) is 1.89. The first-order valence-electron chi connectivity index (χ1n) is 5.88. The zero-order valence-corrected chi connectivity index (χ0v) is 11.8. The summed E-state index contributed by atoms with van der Waals surface area (Å²) in [5.74, 6) is -2.65. The SMILES string of the molecule is COC(=O)C1COCCN1S(=O)(=O)c1ccc(C(=O)O)o1. The molecule has 1 fully saturated rings. The summed E-state index contributed by atoms with van der Waals surface area (Å²) in [6.07, 6.45) is 0. The number of carboxylic acid groups (broad SMARTS) is 1. The molecule has 2 rings (SSSR count). The van der Waals surface area contributed by atoms with Gasteiger partial charge in [0.2, 0.25) is 10.9 Å². The Balaban J connectivity index is 2.35. The first kappa shape index (κ1) is 15.5. The molecule has 1 aliphatic heterocycles. The van der Waals surface area contributed by atoms with Gasteiger partial charge in [0, 0.05) is 6.54 Å². The third kappa shape index (κ3) is 2.91. The van der Waals surface area contributed by atoms with E-state index in [1.165, 1.54) is 0 Å². The van der Waals surface area contributed by atoms with E-state index in [9.17, 15) is 18.0 Å². The van der Waals surface area contributed by atoms with E-state index in [-0.39, 0.29) is 19.8 Å². The van der Waals surface area contributed by atoms with Crippen LogP contribution in [-0.2, 0) is 24.3 Å². The van der Waals surface area contributed by atoms with Gasteiger partial charge >= 0.3 is 11.9 Å². The van der Waals surface area contributed by atoms with Gasteiger partial charge in [-0.2, -0.15) is 4.31 Å². The first-order valence-corrected chi connectivity index (χ1v) is 7.32. The number of aromatic carboxylic acids is 1. The number of nitrogens with zero attached hydrogens (tertiary/aromatic N) is 1. The monoisotopic (exact) mass is 319 g/mol. The van der Waals surface area contributed by atoms with Crippen LogP contribution in [0.3, 0.4) is 0 Å². The predicted molar refractivity (Wildman–Crippen MR) is 66.2 cm³/mol. The maximum Gasteiger partial charge on any atom is 0.371 e. The van der Waals surface area contributed by atoms with Crippen molar-refractivity contribution in [3.05, 3.63) is 17.9 Å². The van der Waals surface area contributed by atoms with Gasteiger partial charge in [0.1, 0.15) is 6.04 Å². The van der Waals surface area contributed by atoms with Crippen LogP contribution in [0.15, 0.2) is 21.6 Å². The molecule has 0 aromatic carbocycles. The minimum Gasteiger partial charge on any atom is -0.475 e. The highest BCUT2D eigenvalue weighted by Gasteiger charge is 2.40. The summed E-state index contributed by atoms with van der Waals surface area (Å²) in [5.41, 5.74) is 0. The second-order valence-electron chi connectivity index (χ2n) is 4.15. The highest BCUT2D eigenvalue weighted by atomic mass is 32.2. The van der Waals surface area contributed by atoms with Crippen LogP contribution < -0.4 is 0 Å². The molecule has 0 radical (unpaired) electrons. The number of hydrogen-bond donors (Lipinski definition) is 1. The molecule has 21 heavy (non-hydrogen) atoms. The van der Waals surface area contributed by atoms with Crippen molar-refractivity contribution in [1.29, 1.82) is 0 Å². The Morgan fingerprint density at radius 3 is 2.71 bits per heavy atom. The molecule has 0 saturated carbocycles. The topological polar surface area (TPSA) is 123 Å². The number of carbonyl (C=O) groups is 2. The van der Waals surface area contributed by atoms with Crippen LogP contribution in [0, 0.1) is 0 Å². The molecule has 1 aliphatic rings. The van der Waals surface area contributed by atoms with E-state index in [0.29, 0.717) is 0 Å². The lowest BCUT2D eigenvalue weighted by atomic mass is 10.3. The highest BCUT2D eigenvalue weighted by Crippen LogP contribution is 2.23. The van der Waals surface area contributed by atoms with E-state index in [1.54, 1.807) is 0 Å². The summed E-state index contributed by atoms with van der Waals surface area (Å²) in [6.45, 7) is -0.0944. The van der Waals surface area contributed by atoms with Crippen molar-refractivity contribution in [2.45, 2.75) is 11.1 Å². The average molecular weight is 319 g/mol. The zero-order chi connectivity index (χ0) is 15.6. The molecule has 1 unspecified atom stereocenters. The minimum atomic E-state index is -4.16. The fraction of sp³-hybridized carbons (Fsp3) is 0.455. The van der Waals surface area contributed by atoms with Crippen molar-refractivity contribution in [3.63, 3.8) is 0 Å². The number of sulfonamides is 1. The summed E-state index contributed by atoms with van der Waals surface area (Å²) in [4.78, 5) is 22.4. The fourth-order valence-corrected chi connectivity index (χ4v) is 3.35. The van der Waals surface area contributed by atoms with E-state index in [4.69, 9.17) is 14.3 Å². The number of rotatable bonds is 4. The quantitative estimate of drug-likeness (QED) is 0.739. The summed E-state index contributed by atoms with van der Waals surface area (Å²) in [7, 11) is -3.02. The summed E-state index contributed by atoms with van der Waals surface area (Å²) >= 11 is 0. The summed E-state index contributed by atoms with van der Waals surface area (Å²) in [6, 6.07) is 0.929. The van der Waals surface area contributed by atoms with E-state index in [1.807, 2.05) is 0 Å². The van der Waals surface area contributed by atoms with Crippen molar-refractivity contribution in [1.82, 2.24) is 4.31 Å². The van der Waals surface area contributed by atoms with Gasteiger partial charge in [0.05, 0.1) is 20.3 Å². The number of hydrogen-bond acceptors (Lipinski definition) is 7. The maximum atomic E-state index is 12.4.